The van der Waals surface area contributed by atoms with Gasteiger partial charge in [-0.25, -0.2) is 0 Å². The zero-order valence-electron chi connectivity index (χ0n) is 10.4. The van der Waals surface area contributed by atoms with E-state index in [0.29, 0.717) is 6.54 Å². The lowest BCUT2D eigenvalue weighted by Gasteiger charge is -2.34. The molecule has 4 nitrogen and oxygen atoms in total. The highest BCUT2D eigenvalue weighted by molar-refractivity contribution is 5.83. The third kappa shape index (κ3) is 2.55. The van der Waals surface area contributed by atoms with E-state index in [2.05, 4.69) is 5.32 Å². The Bertz CT molecular complexity index is 243. The van der Waals surface area contributed by atoms with Gasteiger partial charge in [-0.1, -0.05) is 19.8 Å². The molecule has 1 atom stereocenters. The number of carbonyl (C=O) groups is 1. The molecule has 0 heterocycles. The average molecular weight is 228 g/mol. The minimum absolute atomic E-state index is 0.0200. The molecule has 0 aliphatic heterocycles. The maximum Gasteiger partial charge on any atom is 0.227 e. The van der Waals surface area contributed by atoms with Crippen LogP contribution in [0.25, 0.3) is 0 Å². The van der Waals surface area contributed by atoms with Gasteiger partial charge in [0.1, 0.15) is 0 Å². The topological polar surface area (TPSA) is 75.4 Å². The average Bonchev–Trinajstić information content (AvgIpc) is 2.77. The first kappa shape index (κ1) is 13.5. The van der Waals surface area contributed by atoms with E-state index in [1.54, 1.807) is 0 Å². The molecule has 0 spiro atoms. The van der Waals surface area contributed by atoms with Crippen molar-refractivity contribution in [3.05, 3.63) is 0 Å². The van der Waals surface area contributed by atoms with E-state index >= 15 is 0 Å². The third-order valence-corrected chi connectivity index (χ3v) is 4.02. The summed E-state index contributed by atoms with van der Waals surface area (Å²) in [5.41, 5.74) is 4.76. The lowest BCUT2D eigenvalue weighted by Crippen LogP contribution is -2.55. The van der Waals surface area contributed by atoms with Crippen LogP contribution >= 0.6 is 0 Å². The van der Waals surface area contributed by atoms with Crippen LogP contribution in [-0.2, 0) is 4.79 Å². The van der Waals surface area contributed by atoms with Gasteiger partial charge in [0.25, 0.3) is 0 Å². The number of hydrogen-bond acceptors (Lipinski definition) is 3. The second-order valence-corrected chi connectivity index (χ2v) is 5.22. The van der Waals surface area contributed by atoms with Crippen LogP contribution in [-0.4, -0.2) is 29.7 Å². The van der Waals surface area contributed by atoms with Gasteiger partial charge in [0, 0.05) is 6.54 Å². The molecule has 4 N–H and O–H groups in total. The molecule has 0 aromatic carbocycles. The zero-order chi connectivity index (χ0) is 12.2. The summed E-state index contributed by atoms with van der Waals surface area (Å²) in [6.45, 7) is 4.22. The molecule has 0 aromatic rings. The van der Waals surface area contributed by atoms with Crippen LogP contribution in [0.5, 0.6) is 0 Å². The molecule has 4 heteroatoms. The van der Waals surface area contributed by atoms with Gasteiger partial charge in [-0.05, 0) is 26.2 Å². The van der Waals surface area contributed by atoms with Crippen molar-refractivity contribution in [1.82, 2.24) is 5.32 Å². The molecule has 1 saturated carbocycles. The predicted molar refractivity (Wildman–Crippen MR) is 63.9 cm³/mol. The van der Waals surface area contributed by atoms with Crippen LogP contribution < -0.4 is 11.1 Å². The first-order valence-electron chi connectivity index (χ1n) is 6.15. The Morgan fingerprint density at radius 1 is 1.50 bits per heavy atom. The summed E-state index contributed by atoms with van der Waals surface area (Å²) < 4.78 is 0. The zero-order valence-corrected chi connectivity index (χ0v) is 10.4. The van der Waals surface area contributed by atoms with Gasteiger partial charge in [0.2, 0.25) is 5.91 Å². The number of amides is 1. The first-order chi connectivity index (χ1) is 7.52. The van der Waals surface area contributed by atoms with Crippen molar-refractivity contribution in [3.8, 4) is 0 Å². The van der Waals surface area contributed by atoms with E-state index in [1.807, 2.05) is 13.8 Å². The Labute approximate surface area is 97.6 Å². The Balaban J connectivity index is 2.68. The van der Waals surface area contributed by atoms with Crippen molar-refractivity contribution in [2.75, 3.05) is 13.2 Å². The quantitative estimate of drug-likeness (QED) is 0.651. The van der Waals surface area contributed by atoms with E-state index in [0.717, 1.165) is 32.1 Å². The minimum atomic E-state index is -0.509. The van der Waals surface area contributed by atoms with Crippen LogP contribution in [0.1, 0.15) is 46.0 Å². The van der Waals surface area contributed by atoms with Crippen LogP contribution in [0.3, 0.4) is 0 Å². The maximum atomic E-state index is 12.1. The minimum Gasteiger partial charge on any atom is -0.394 e. The molecule has 0 saturated heterocycles. The number of rotatable bonds is 5. The number of nitrogens with one attached hydrogen (secondary N) is 1. The second kappa shape index (κ2) is 5.15. The summed E-state index contributed by atoms with van der Waals surface area (Å²) in [6.07, 6.45) is 4.62. The molecular formula is C12H24N2O2. The van der Waals surface area contributed by atoms with Crippen molar-refractivity contribution in [2.45, 2.75) is 51.5 Å². The van der Waals surface area contributed by atoms with Gasteiger partial charge < -0.3 is 16.2 Å². The molecule has 1 aliphatic rings. The van der Waals surface area contributed by atoms with Crippen molar-refractivity contribution < 1.29 is 9.90 Å². The van der Waals surface area contributed by atoms with Gasteiger partial charge >= 0.3 is 0 Å². The monoisotopic (exact) mass is 228 g/mol. The number of aliphatic hydroxyl groups excluding tert-OH is 1. The summed E-state index contributed by atoms with van der Waals surface area (Å²) in [5.74, 6) is -0.0200. The Hall–Kier alpha value is -0.610. The van der Waals surface area contributed by atoms with Gasteiger partial charge in [-0.15, -0.1) is 0 Å². The number of hydrogen-bond donors (Lipinski definition) is 3. The van der Waals surface area contributed by atoms with Crippen molar-refractivity contribution in [3.63, 3.8) is 0 Å². The van der Waals surface area contributed by atoms with Gasteiger partial charge in [0.15, 0.2) is 0 Å². The molecule has 16 heavy (non-hydrogen) atoms. The smallest absolute Gasteiger partial charge is 0.227 e. The standard InChI is InChI=1S/C12H24N2O2/c1-3-11(2,8-13)10(16)14-12(9-15)6-4-5-7-12/h15H,3-9,13H2,1-2H3,(H,14,16). The van der Waals surface area contributed by atoms with Gasteiger partial charge in [-0.2, -0.15) is 0 Å². The first-order valence-corrected chi connectivity index (χ1v) is 6.15. The number of nitrogens with two attached hydrogens (primary N) is 1. The molecular weight excluding hydrogens is 204 g/mol. The van der Waals surface area contributed by atoms with Crippen LogP contribution in [0.4, 0.5) is 0 Å². The van der Waals surface area contributed by atoms with Crippen LogP contribution in [0.2, 0.25) is 0 Å². The van der Waals surface area contributed by atoms with Crippen molar-refractivity contribution in [1.29, 1.82) is 0 Å². The van der Waals surface area contributed by atoms with E-state index in [1.165, 1.54) is 0 Å². The summed E-state index contributed by atoms with van der Waals surface area (Å²) in [4.78, 5) is 12.1. The molecule has 0 bridgehead atoms. The summed E-state index contributed by atoms with van der Waals surface area (Å²) >= 11 is 0. The molecule has 1 unspecified atom stereocenters. The van der Waals surface area contributed by atoms with Crippen molar-refractivity contribution in [2.24, 2.45) is 11.1 Å². The Kier molecular flexibility index (Phi) is 4.33. The van der Waals surface area contributed by atoms with E-state index in [-0.39, 0.29) is 18.1 Å². The van der Waals surface area contributed by atoms with Gasteiger partial charge in [-0.3, -0.25) is 4.79 Å². The maximum absolute atomic E-state index is 12.1. The molecule has 0 radical (unpaired) electrons. The summed E-state index contributed by atoms with van der Waals surface area (Å²) in [5, 5.41) is 12.4. The largest absolute Gasteiger partial charge is 0.394 e. The molecule has 0 aromatic heterocycles. The van der Waals surface area contributed by atoms with E-state index in [4.69, 9.17) is 5.73 Å². The highest BCUT2D eigenvalue weighted by Crippen LogP contribution is 2.31. The van der Waals surface area contributed by atoms with E-state index in [9.17, 15) is 9.90 Å². The SMILES string of the molecule is CCC(C)(CN)C(=O)NC1(CO)CCCC1. The predicted octanol–water partition coefficient (Wildman–Crippen LogP) is 0.783. The highest BCUT2D eigenvalue weighted by atomic mass is 16.3. The number of aliphatic hydroxyl groups is 1. The van der Waals surface area contributed by atoms with Crippen LogP contribution in [0.15, 0.2) is 0 Å². The molecule has 1 amide bonds. The number of carbonyl (C=O) groups excluding carboxylic acids is 1. The van der Waals surface area contributed by atoms with Gasteiger partial charge in [0.05, 0.1) is 17.6 Å². The molecule has 1 fully saturated rings. The third-order valence-electron chi connectivity index (χ3n) is 4.02. The molecule has 1 rings (SSSR count). The summed E-state index contributed by atoms with van der Waals surface area (Å²) in [7, 11) is 0. The Morgan fingerprint density at radius 3 is 2.44 bits per heavy atom. The second-order valence-electron chi connectivity index (χ2n) is 5.22. The van der Waals surface area contributed by atoms with E-state index < -0.39 is 5.41 Å². The lowest BCUT2D eigenvalue weighted by molar-refractivity contribution is -0.132. The molecule has 94 valence electrons. The molecule has 1 aliphatic carbocycles. The fourth-order valence-corrected chi connectivity index (χ4v) is 2.16. The normalized spacial score (nSPS) is 22.8. The fourth-order valence-electron chi connectivity index (χ4n) is 2.16. The lowest BCUT2D eigenvalue weighted by atomic mass is 9.85. The highest BCUT2D eigenvalue weighted by Gasteiger charge is 2.39. The Morgan fingerprint density at radius 2 is 2.06 bits per heavy atom. The summed E-state index contributed by atoms with van der Waals surface area (Å²) in [6, 6.07) is 0. The fraction of sp³-hybridized carbons (Fsp3) is 0.917. The van der Waals surface area contributed by atoms with Crippen LogP contribution in [0, 0.1) is 5.41 Å². The van der Waals surface area contributed by atoms with Crippen molar-refractivity contribution >= 4 is 5.91 Å².